The molecule has 5 nitrogen and oxygen atoms in total. The van der Waals surface area contributed by atoms with Gasteiger partial charge in [0.1, 0.15) is 0 Å². The number of carbonyl (C=O) groups excluding carboxylic acids is 2. The summed E-state index contributed by atoms with van der Waals surface area (Å²) in [6.45, 7) is 4.92. The highest BCUT2D eigenvalue weighted by atomic mass is 16.2. The van der Waals surface area contributed by atoms with Crippen molar-refractivity contribution >= 4 is 11.8 Å². The smallest absolute Gasteiger partial charge is 0.239 e. The summed E-state index contributed by atoms with van der Waals surface area (Å²) in [5.41, 5.74) is 6.09. The SMILES string of the molecule is CCCN(CC(=O)NC)C(=O)C1CC(C)CCC1N. The van der Waals surface area contributed by atoms with Crippen LogP contribution in [0.4, 0.5) is 0 Å². The lowest BCUT2D eigenvalue weighted by Crippen LogP contribution is -2.49. The Balaban J connectivity index is 2.71. The second-order valence-electron chi connectivity index (χ2n) is 5.62. The fraction of sp³-hybridized carbons (Fsp3) is 0.857. The van der Waals surface area contributed by atoms with Crippen LogP contribution in [-0.2, 0) is 9.59 Å². The van der Waals surface area contributed by atoms with Gasteiger partial charge in [0.2, 0.25) is 11.8 Å². The van der Waals surface area contributed by atoms with Gasteiger partial charge in [-0.3, -0.25) is 9.59 Å². The fourth-order valence-electron chi connectivity index (χ4n) is 2.71. The molecule has 0 saturated heterocycles. The molecule has 5 heteroatoms. The molecule has 0 aromatic carbocycles. The third-order valence-electron chi connectivity index (χ3n) is 3.90. The molecule has 1 rings (SSSR count). The highest BCUT2D eigenvalue weighted by Gasteiger charge is 2.34. The second-order valence-corrected chi connectivity index (χ2v) is 5.62. The average molecular weight is 269 g/mol. The number of likely N-dealkylation sites (N-methyl/N-ethyl adjacent to an activating group) is 1. The van der Waals surface area contributed by atoms with Crippen LogP contribution in [0, 0.1) is 11.8 Å². The predicted octanol–water partition coefficient (Wildman–Crippen LogP) is 0.735. The number of hydrogen-bond donors (Lipinski definition) is 2. The van der Waals surface area contributed by atoms with Crippen LogP contribution >= 0.6 is 0 Å². The minimum Gasteiger partial charge on any atom is -0.358 e. The lowest BCUT2D eigenvalue weighted by atomic mass is 9.78. The highest BCUT2D eigenvalue weighted by Crippen LogP contribution is 2.29. The summed E-state index contributed by atoms with van der Waals surface area (Å²) in [5, 5.41) is 2.57. The van der Waals surface area contributed by atoms with Gasteiger partial charge >= 0.3 is 0 Å². The van der Waals surface area contributed by atoms with Gasteiger partial charge in [-0.05, 0) is 31.6 Å². The zero-order chi connectivity index (χ0) is 14.4. The van der Waals surface area contributed by atoms with Crippen molar-refractivity contribution in [3.8, 4) is 0 Å². The zero-order valence-electron chi connectivity index (χ0n) is 12.3. The Labute approximate surface area is 115 Å². The summed E-state index contributed by atoms with van der Waals surface area (Å²) in [6, 6.07) is -0.0623. The number of amides is 2. The van der Waals surface area contributed by atoms with E-state index in [0.717, 1.165) is 25.7 Å². The molecule has 19 heavy (non-hydrogen) atoms. The molecule has 1 aliphatic carbocycles. The van der Waals surface area contributed by atoms with E-state index in [-0.39, 0.29) is 30.3 Å². The van der Waals surface area contributed by atoms with E-state index in [9.17, 15) is 9.59 Å². The van der Waals surface area contributed by atoms with Crippen LogP contribution < -0.4 is 11.1 Å². The molecule has 110 valence electrons. The molecule has 3 unspecified atom stereocenters. The van der Waals surface area contributed by atoms with Gasteiger partial charge in [0.05, 0.1) is 12.5 Å². The molecular formula is C14H27N3O2. The molecule has 0 aliphatic heterocycles. The van der Waals surface area contributed by atoms with Gasteiger partial charge in [-0.15, -0.1) is 0 Å². The zero-order valence-corrected chi connectivity index (χ0v) is 12.3. The molecule has 1 saturated carbocycles. The monoisotopic (exact) mass is 269 g/mol. The summed E-state index contributed by atoms with van der Waals surface area (Å²) in [7, 11) is 1.59. The summed E-state index contributed by atoms with van der Waals surface area (Å²) < 4.78 is 0. The van der Waals surface area contributed by atoms with Crippen molar-refractivity contribution in [2.24, 2.45) is 17.6 Å². The van der Waals surface area contributed by atoms with Crippen LogP contribution in [0.5, 0.6) is 0 Å². The maximum Gasteiger partial charge on any atom is 0.239 e. The lowest BCUT2D eigenvalue weighted by Gasteiger charge is -2.35. The van der Waals surface area contributed by atoms with Crippen LogP contribution in [0.1, 0.15) is 39.5 Å². The van der Waals surface area contributed by atoms with Crippen molar-refractivity contribution in [1.29, 1.82) is 0 Å². The lowest BCUT2D eigenvalue weighted by molar-refractivity contribution is -0.141. The molecular weight excluding hydrogens is 242 g/mol. The van der Waals surface area contributed by atoms with E-state index in [1.165, 1.54) is 0 Å². The quantitative estimate of drug-likeness (QED) is 0.773. The molecule has 0 bridgehead atoms. The molecule has 0 heterocycles. The number of rotatable bonds is 5. The number of nitrogens with one attached hydrogen (secondary N) is 1. The van der Waals surface area contributed by atoms with Gasteiger partial charge in [0.15, 0.2) is 0 Å². The standard InChI is InChI=1S/C14H27N3O2/c1-4-7-17(9-13(18)16-3)14(19)11-8-10(2)5-6-12(11)15/h10-12H,4-9,15H2,1-3H3,(H,16,18). The minimum atomic E-state index is -0.126. The van der Waals surface area contributed by atoms with Gasteiger partial charge in [-0.1, -0.05) is 13.8 Å². The molecule has 1 fully saturated rings. The van der Waals surface area contributed by atoms with Crippen molar-refractivity contribution in [3.05, 3.63) is 0 Å². The van der Waals surface area contributed by atoms with Crippen LogP contribution in [0.15, 0.2) is 0 Å². The Hall–Kier alpha value is -1.10. The second kappa shape index (κ2) is 7.48. The third kappa shape index (κ3) is 4.49. The summed E-state index contributed by atoms with van der Waals surface area (Å²) in [6.07, 6.45) is 3.68. The first-order valence-electron chi connectivity index (χ1n) is 7.24. The van der Waals surface area contributed by atoms with E-state index in [0.29, 0.717) is 12.5 Å². The molecule has 0 radical (unpaired) electrons. The molecule has 0 aromatic rings. The van der Waals surface area contributed by atoms with Crippen molar-refractivity contribution < 1.29 is 9.59 Å². The predicted molar refractivity (Wildman–Crippen MR) is 75.4 cm³/mol. The Morgan fingerprint density at radius 2 is 2.05 bits per heavy atom. The van der Waals surface area contributed by atoms with Crippen LogP contribution in [0.25, 0.3) is 0 Å². The largest absolute Gasteiger partial charge is 0.358 e. The first kappa shape index (κ1) is 16.0. The number of hydrogen-bond acceptors (Lipinski definition) is 3. The summed E-state index contributed by atoms with van der Waals surface area (Å²) >= 11 is 0. The maximum absolute atomic E-state index is 12.6. The van der Waals surface area contributed by atoms with Crippen LogP contribution in [-0.4, -0.2) is 42.9 Å². The molecule has 3 N–H and O–H groups in total. The van der Waals surface area contributed by atoms with E-state index in [4.69, 9.17) is 5.73 Å². The summed E-state index contributed by atoms with van der Waals surface area (Å²) in [5.74, 6) is 0.334. The van der Waals surface area contributed by atoms with Crippen molar-refractivity contribution in [1.82, 2.24) is 10.2 Å². The van der Waals surface area contributed by atoms with E-state index < -0.39 is 0 Å². The molecule has 0 spiro atoms. The Bertz CT molecular complexity index is 320. The van der Waals surface area contributed by atoms with Gasteiger partial charge < -0.3 is 16.0 Å². The van der Waals surface area contributed by atoms with Gasteiger partial charge in [-0.25, -0.2) is 0 Å². The van der Waals surface area contributed by atoms with Crippen molar-refractivity contribution in [2.45, 2.75) is 45.6 Å². The van der Waals surface area contributed by atoms with E-state index in [1.807, 2.05) is 6.92 Å². The summed E-state index contributed by atoms with van der Waals surface area (Å²) in [4.78, 5) is 25.7. The Morgan fingerprint density at radius 1 is 1.37 bits per heavy atom. The fourth-order valence-corrected chi connectivity index (χ4v) is 2.71. The molecule has 3 atom stereocenters. The Kier molecular flexibility index (Phi) is 6.28. The number of nitrogens with zero attached hydrogens (tertiary/aromatic N) is 1. The van der Waals surface area contributed by atoms with Gasteiger partial charge in [0, 0.05) is 19.6 Å². The minimum absolute atomic E-state index is 0.0458. The van der Waals surface area contributed by atoms with Crippen LogP contribution in [0.3, 0.4) is 0 Å². The third-order valence-corrected chi connectivity index (χ3v) is 3.90. The number of nitrogens with two attached hydrogens (primary N) is 1. The maximum atomic E-state index is 12.6. The van der Waals surface area contributed by atoms with Crippen molar-refractivity contribution in [2.75, 3.05) is 20.1 Å². The average Bonchev–Trinajstić information content (AvgIpc) is 2.40. The van der Waals surface area contributed by atoms with Gasteiger partial charge in [0.25, 0.3) is 0 Å². The van der Waals surface area contributed by atoms with E-state index >= 15 is 0 Å². The molecule has 2 amide bonds. The highest BCUT2D eigenvalue weighted by molar-refractivity contribution is 5.86. The van der Waals surface area contributed by atoms with E-state index in [2.05, 4.69) is 12.2 Å². The topological polar surface area (TPSA) is 75.4 Å². The first-order valence-corrected chi connectivity index (χ1v) is 7.24. The number of carbonyl (C=O) groups is 2. The normalized spacial score (nSPS) is 26.8. The Morgan fingerprint density at radius 3 is 2.63 bits per heavy atom. The van der Waals surface area contributed by atoms with Gasteiger partial charge in [-0.2, -0.15) is 0 Å². The van der Waals surface area contributed by atoms with Crippen molar-refractivity contribution in [3.63, 3.8) is 0 Å². The first-order chi connectivity index (χ1) is 8.99. The van der Waals surface area contributed by atoms with E-state index in [1.54, 1.807) is 11.9 Å². The molecule has 0 aromatic heterocycles. The van der Waals surface area contributed by atoms with Crippen LogP contribution in [0.2, 0.25) is 0 Å². The molecule has 1 aliphatic rings.